The van der Waals surface area contributed by atoms with Gasteiger partial charge >= 0.3 is 12.1 Å². The van der Waals surface area contributed by atoms with Gasteiger partial charge in [0.25, 0.3) is 0 Å². The maximum Gasteiger partial charge on any atom is 0.408 e. The van der Waals surface area contributed by atoms with Gasteiger partial charge in [0.1, 0.15) is 11.4 Å². The van der Waals surface area contributed by atoms with Gasteiger partial charge in [-0.1, -0.05) is 6.07 Å². The third-order valence-corrected chi connectivity index (χ3v) is 5.48. The summed E-state index contributed by atoms with van der Waals surface area (Å²) >= 11 is 0. The molecule has 0 spiro atoms. The van der Waals surface area contributed by atoms with E-state index in [-0.39, 0.29) is 5.56 Å². The highest BCUT2D eigenvalue weighted by molar-refractivity contribution is 5.81. The number of pyridine rings is 1. The summed E-state index contributed by atoms with van der Waals surface area (Å²) in [6.45, 7) is 5.07. The highest BCUT2D eigenvalue weighted by atomic mass is 16.6. The van der Waals surface area contributed by atoms with Crippen LogP contribution in [0.5, 0.6) is 11.6 Å². The fourth-order valence-electron chi connectivity index (χ4n) is 3.59. The highest BCUT2D eigenvalue weighted by Crippen LogP contribution is 2.41. The van der Waals surface area contributed by atoms with Crippen LogP contribution in [0.3, 0.4) is 0 Å². The smallest absolute Gasteiger partial charge is 0.408 e. The number of nitriles is 1. The molecule has 36 heavy (non-hydrogen) atoms. The van der Waals surface area contributed by atoms with Crippen LogP contribution in [-0.4, -0.2) is 37.5 Å². The van der Waals surface area contributed by atoms with Crippen LogP contribution >= 0.6 is 0 Å². The second kappa shape index (κ2) is 9.70. The number of nitrogens with zero attached hydrogens (tertiary/aromatic N) is 4. The van der Waals surface area contributed by atoms with Crippen molar-refractivity contribution in [2.24, 2.45) is 7.05 Å². The number of aliphatic carboxylic acids is 1. The first kappa shape index (κ1) is 24.7. The molecule has 2 heterocycles. The maximum absolute atomic E-state index is 12.1. The van der Waals surface area contributed by atoms with E-state index >= 15 is 0 Å². The number of carboxylic acids is 1. The lowest BCUT2D eigenvalue weighted by Crippen LogP contribution is -2.38. The van der Waals surface area contributed by atoms with Gasteiger partial charge in [-0.2, -0.15) is 10.4 Å². The Morgan fingerprint density at radius 2 is 1.97 bits per heavy atom. The van der Waals surface area contributed by atoms with Crippen molar-refractivity contribution in [3.05, 3.63) is 59.4 Å². The normalized spacial score (nSPS) is 14.0. The molecule has 186 valence electrons. The van der Waals surface area contributed by atoms with Crippen molar-refractivity contribution in [3.63, 3.8) is 0 Å². The van der Waals surface area contributed by atoms with Crippen LogP contribution in [0.25, 0.3) is 11.3 Å². The second-order valence-electron chi connectivity index (χ2n) is 9.62. The van der Waals surface area contributed by atoms with E-state index in [2.05, 4.69) is 21.5 Å². The van der Waals surface area contributed by atoms with Gasteiger partial charge < -0.3 is 19.9 Å². The first-order valence-electron chi connectivity index (χ1n) is 11.5. The zero-order valence-electron chi connectivity index (χ0n) is 20.5. The Kier molecular flexibility index (Phi) is 6.66. The number of nitrogens with one attached hydrogen (secondary N) is 1. The maximum atomic E-state index is 12.1. The van der Waals surface area contributed by atoms with E-state index in [1.54, 1.807) is 62.8 Å². The van der Waals surface area contributed by atoms with Crippen LogP contribution < -0.4 is 10.1 Å². The van der Waals surface area contributed by atoms with E-state index in [1.807, 2.05) is 6.07 Å². The lowest BCUT2D eigenvalue weighted by Gasteiger charge is -2.22. The molecule has 0 saturated heterocycles. The average molecular weight is 490 g/mol. The average Bonchev–Trinajstić information content (AvgIpc) is 3.60. The summed E-state index contributed by atoms with van der Waals surface area (Å²) in [5, 5.41) is 25.9. The van der Waals surface area contributed by atoms with Crippen molar-refractivity contribution in [1.82, 2.24) is 20.1 Å². The molecule has 10 heteroatoms. The minimum Gasteiger partial charge on any atom is -0.479 e. The number of ether oxygens (including phenoxy) is 2. The molecular weight excluding hydrogens is 462 g/mol. The number of amides is 1. The summed E-state index contributed by atoms with van der Waals surface area (Å²) in [4.78, 5) is 28.4. The Morgan fingerprint density at radius 3 is 2.56 bits per heavy atom. The molecule has 1 unspecified atom stereocenters. The molecule has 1 fully saturated rings. The van der Waals surface area contributed by atoms with E-state index in [9.17, 15) is 20.0 Å². The van der Waals surface area contributed by atoms with Crippen molar-refractivity contribution < 1.29 is 24.2 Å². The fourth-order valence-corrected chi connectivity index (χ4v) is 3.59. The van der Waals surface area contributed by atoms with Crippen LogP contribution in [0, 0.1) is 11.3 Å². The van der Waals surface area contributed by atoms with Gasteiger partial charge in [-0.15, -0.1) is 0 Å². The number of aromatic nitrogens is 3. The molecule has 1 aliphatic carbocycles. The van der Waals surface area contributed by atoms with Crippen LogP contribution in [-0.2, 0) is 16.6 Å². The molecule has 0 radical (unpaired) electrons. The monoisotopic (exact) mass is 489 g/mol. The zero-order valence-corrected chi connectivity index (χ0v) is 20.5. The highest BCUT2D eigenvalue weighted by Gasteiger charge is 2.28. The zero-order chi connectivity index (χ0) is 26.0. The van der Waals surface area contributed by atoms with Gasteiger partial charge in [0, 0.05) is 36.4 Å². The van der Waals surface area contributed by atoms with Crippen molar-refractivity contribution in [2.45, 2.75) is 51.2 Å². The molecule has 3 aromatic rings. The molecule has 1 aliphatic rings. The van der Waals surface area contributed by atoms with E-state index in [0.29, 0.717) is 34.4 Å². The van der Waals surface area contributed by atoms with Crippen molar-refractivity contribution in [1.29, 1.82) is 5.26 Å². The van der Waals surface area contributed by atoms with Gasteiger partial charge in [-0.25, -0.2) is 14.3 Å². The lowest BCUT2D eigenvalue weighted by atomic mass is 10.0. The Morgan fingerprint density at radius 1 is 1.22 bits per heavy atom. The number of aryl methyl sites for hydroxylation is 1. The van der Waals surface area contributed by atoms with Gasteiger partial charge in [0.2, 0.25) is 5.88 Å². The topological polar surface area (TPSA) is 139 Å². The predicted molar refractivity (Wildman–Crippen MR) is 129 cm³/mol. The number of alkyl carbamates (subject to hydrolysis) is 1. The summed E-state index contributed by atoms with van der Waals surface area (Å²) in [6.07, 6.45) is 2.76. The van der Waals surface area contributed by atoms with Crippen molar-refractivity contribution in [3.8, 4) is 29.0 Å². The lowest BCUT2D eigenvalue weighted by molar-refractivity contribution is -0.139. The number of hydrogen-bond donors (Lipinski definition) is 2. The fraction of sp³-hybridized carbons (Fsp3) is 0.346. The Balaban J connectivity index is 1.60. The molecule has 10 nitrogen and oxygen atoms in total. The van der Waals surface area contributed by atoms with Crippen LogP contribution in [0.1, 0.15) is 62.4 Å². The molecule has 2 aromatic heterocycles. The molecule has 1 amide bonds. The molecule has 0 aliphatic heterocycles. The van der Waals surface area contributed by atoms with Gasteiger partial charge in [-0.05, 0) is 57.9 Å². The first-order valence-corrected chi connectivity index (χ1v) is 11.5. The van der Waals surface area contributed by atoms with Crippen molar-refractivity contribution >= 4 is 12.1 Å². The SMILES string of the molecule is Cn1nc(C2CC2)cc1Oc1cc(C#N)ccc1-c1ccc(C(NC(=O)OC(C)(C)C)C(=O)O)cn1. The molecule has 4 rings (SSSR count). The van der Waals surface area contributed by atoms with Crippen LogP contribution in [0.4, 0.5) is 4.79 Å². The molecular formula is C26H27N5O5. The van der Waals surface area contributed by atoms with E-state index < -0.39 is 23.7 Å². The number of rotatable bonds is 7. The minimum absolute atomic E-state index is 0.272. The van der Waals surface area contributed by atoms with Crippen molar-refractivity contribution in [2.75, 3.05) is 0 Å². The number of carbonyl (C=O) groups excluding carboxylic acids is 1. The first-order chi connectivity index (χ1) is 17.0. The summed E-state index contributed by atoms with van der Waals surface area (Å²) in [6, 6.07) is 10.9. The number of benzene rings is 1. The number of carboxylic acid groups (broad SMARTS) is 1. The summed E-state index contributed by atoms with van der Waals surface area (Å²) < 4.78 is 13.0. The van der Waals surface area contributed by atoms with Crippen LogP contribution in [0.2, 0.25) is 0 Å². The van der Waals surface area contributed by atoms with E-state index in [1.165, 1.54) is 6.20 Å². The Labute approximate surface area is 208 Å². The predicted octanol–water partition coefficient (Wildman–Crippen LogP) is 4.67. The second-order valence-corrected chi connectivity index (χ2v) is 9.62. The minimum atomic E-state index is -1.34. The molecule has 2 N–H and O–H groups in total. The summed E-state index contributed by atoms with van der Waals surface area (Å²) in [7, 11) is 1.80. The third kappa shape index (κ3) is 5.81. The van der Waals surface area contributed by atoms with Crippen LogP contribution in [0.15, 0.2) is 42.6 Å². The van der Waals surface area contributed by atoms with E-state index in [4.69, 9.17) is 9.47 Å². The standard InChI is InChI=1S/C26H27N5O5/c1-26(2,3)36-25(34)29-23(24(32)33)17-8-10-19(28-14-17)18-9-5-15(13-27)11-21(18)35-22-12-20(16-6-7-16)30-31(22)4/h5,8-12,14,16,23H,6-7H2,1-4H3,(H,29,34)(H,32,33). The quantitative estimate of drug-likeness (QED) is 0.488. The molecule has 1 saturated carbocycles. The number of hydrogen-bond acceptors (Lipinski definition) is 7. The van der Waals surface area contributed by atoms with Gasteiger partial charge in [0.05, 0.1) is 23.0 Å². The van der Waals surface area contributed by atoms with E-state index in [0.717, 1.165) is 18.5 Å². The third-order valence-electron chi connectivity index (χ3n) is 5.48. The molecule has 0 bridgehead atoms. The Bertz CT molecular complexity index is 1330. The molecule has 1 aromatic carbocycles. The largest absolute Gasteiger partial charge is 0.479 e. The molecule has 1 atom stereocenters. The van der Waals surface area contributed by atoms with Gasteiger partial charge in [0.15, 0.2) is 6.04 Å². The summed E-state index contributed by atoms with van der Waals surface area (Å²) in [5.74, 6) is 0.170. The Hall–Kier alpha value is -4.39. The van der Waals surface area contributed by atoms with Gasteiger partial charge in [-0.3, -0.25) is 4.98 Å². The summed E-state index contributed by atoms with van der Waals surface area (Å²) in [5.41, 5.74) is 2.02. The number of carbonyl (C=O) groups is 2.